The summed E-state index contributed by atoms with van der Waals surface area (Å²) >= 11 is 0. The van der Waals surface area contributed by atoms with Crippen LogP contribution < -0.4 is 0 Å². The molecule has 0 heterocycles. The molecular formula is C15H20. The summed E-state index contributed by atoms with van der Waals surface area (Å²) in [5.74, 6) is 0.791. The Morgan fingerprint density at radius 2 is 1.80 bits per heavy atom. The van der Waals surface area contributed by atoms with E-state index in [0.717, 1.165) is 5.92 Å². The first-order chi connectivity index (χ1) is 7.32. The van der Waals surface area contributed by atoms with Crippen molar-refractivity contribution >= 4 is 0 Å². The van der Waals surface area contributed by atoms with E-state index in [1.54, 1.807) is 11.1 Å². The molecule has 0 heteroatoms. The van der Waals surface area contributed by atoms with Crippen LogP contribution in [0.4, 0.5) is 0 Å². The van der Waals surface area contributed by atoms with Gasteiger partial charge in [-0.2, -0.15) is 0 Å². The van der Waals surface area contributed by atoms with Crippen molar-refractivity contribution in [2.45, 2.75) is 56.8 Å². The molecule has 80 valence electrons. The molecule has 0 N–H and O–H groups in total. The molecule has 0 bridgehead atoms. The van der Waals surface area contributed by atoms with Crippen LogP contribution in [0.5, 0.6) is 0 Å². The molecular weight excluding hydrogens is 180 g/mol. The first kappa shape index (κ1) is 9.45. The molecule has 1 saturated carbocycles. The van der Waals surface area contributed by atoms with Gasteiger partial charge in [0, 0.05) is 0 Å². The Balaban J connectivity index is 2.06. The van der Waals surface area contributed by atoms with Crippen LogP contribution in [0, 0.1) is 0 Å². The number of benzene rings is 1. The largest absolute Gasteiger partial charge is 0.0620 e. The Labute approximate surface area is 92.7 Å². The Morgan fingerprint density at radius 1 is 1.07 bits per heavy atom. The predicted octanol–water partition coefficient (Wildman–Crippen LogP) is 4.40. The minimum Gasteiger partial charge on any atom is -0.0620 e. The number of rotatable bonds is 0. The van der Waals surface area contributed by atoms with Crippen molar-refractivity contribution in [2.24, 2.45) is 0 Å². The minimum atomic E-state index is 0.578. The summed E-state index contributed by atoms with van der Waals surface area (Å²) in [6, 6.07) is 9.18. The molecule has 1 fully saturated rings. The van der Waals surface area contributed by atoms with Crippen LogP contribution in [0.25, 0.3) is 0 Å². The van der Waals surface area contributed by atoms with Gasteiger partial charge in [0.15, 0.2) is 0 Å². The average molecular weight is 200 g/mol. The van der Waals surface area contributed by atoms with Gasteiger partial charge in [0.05, 0.1) is 0 Å². The predicted molar refractivity (Wildman–Crippen MR) is 64.2 cm³/mol. The van der Waals surface area contributed by atoms with Crippen molar-refractivity contribution in [3.63, 3.8) is 0 Å². The van der Waals surface area contributed by atoms with Crippen LogP contribution in [0.2, 0.25) is 0 Å². The molecule has 1 spiro atoms. The highest BCUT2D eigenvalue weighted by molar-refractivity contribution is 5.42. The summed E-state index contributed by atoms with van der Waals surface area (Å²) < 4.78 is 0. The van der Waals surface area contributed by atoms with Gasteiger partial charge in [-0.15, -0.1) is 0 Å². The third kappa shape index (κ3) is 1.34. The van der Waals surface area contributed by atoms with Crippen LogP contribution in [0.1, 0.15) is 62.5 Å². The molecule has 1 unspecified atom stereocenters. The van der Waals surface area contributed by atoms with Gasteiger partial charge < -0.3 is 0 Å². The molecule has 0 nitrogen and oxygen atoms in total. The summed E-state index contributed by atoms with van der Waals surface area (Å²) in [6.07, 6.45) is 8.63. The first-order valence-electron chi connectivity index (χ1n) is 6.41. The van der Waals surface area contributed by atoms with Crippen molar-refractivity contribution in [3.05, 3.63) is 35.4 Å². The highest BCUT2D eigenvalue weighted by Gasteiger charge is 2.42. The quantitative estimate of drug-likeness (QED) is 0.582. The highest BCUT2D eigenvalue weighted by Crippen LogP contribution is 2.53. The third-order valence-electron chi connectivity index (χ3n) is 4.57. The van der Waals surface area contributed by atoms with E-state index in [9.17, 15) is 0 Å². The molecule has 15 heavy (non-hydrogen) atoms. The fraction of sp³-hybridized carbons (Fsp3) is 0.600. The maximum Gasteiger partial charge on any atom is -0.00384 e. The normalized spacial score (nSPS) is 27.9. The number of fused-ring (bicyclic) bond motifs is 2. The Morgan fingerprint density at radius 3 is 2.60 bits per heavy atom. The van der Waals surface area contributed by atoms with Crippen molar-refractivity contribution in [1.29, 1.82) is 0 Å². The molecule has 1 aromatic rings. The second kappa shape index (κ2) is 3.37. The smallest absolute Gasteiger partial charge is 0.00384 e. The topological polar surface area (TPSA) is 0 Å². The molecule has 0 aliphatic heterocycles. The summed E-state index contributed by atoms with van der Waals surface area (Å²) in [6.45, 7) is 2.40. The minimum absolute atomic E-state index is 0.578. The van der Waals surface area contributed by atoms with Crippen LogP contribution in [-0.2, 0) is 5.41 Å². The fourth-order valence-corrected chi connectivity index (χ4v) is 3.92. The highest BCUT2D eigenvalue weighted by atomic mass is 14.5. The molecule has 1 atom stereocenters. The molecule has 2 aliphatic carbocycles. The van der Waals surface area contributed by atoms with Gasteiger partial charge in [-0.25, -0.2) is 0 Å². The van der Waals surface area contributed by atoms with Gasteiger partial charge in [0.2, 0.25) is 0 Å². The van der Waals surface area contributed by atoms with E-state index in [2.05, 4.69) is 31.2 Å². The Kier molecular flexibility index (Phi) is 2.12. The van der Waals surface area contributed by atoms with E-state index in [-0.39, 0.29) is 0 Å². The van der Waals surface area contributed by atoms with Crippen LogP contribution in [-0.4, -0.2) is 0 Å². The zero-order chi connectivity index (χ0) is 10.3. The standard InChI is InChI=1S/C15H20/c1-12-11-15(9-5-2-6-10-15)14-8-4-3-7-13(12)14/h3-4,7-8,12H,2,5-6,9-11H2,1H3. The molecule has 0 amide bonds. The first-order valence-corrected chi connectivity index (χ1v) is 6.41. The van der Waals surface area contributed by atoms with Crippen molar-refractivity contribution in [3.8, 4) is 0 Å². The van der Waals surface area contributed by atoms with E-state index < -0.39 is 0 Å². The van der Waals surface area contributed by atoms with Gasteiger partial charge in [-0.1, -0.05) is 50.5 Å². The van der Waals surface area contributed by atoms with E-state index in [4.69, 9.17) is 0 Å². The van der Waals surface area contributed by atoms with Crippen LogP contribution in [0.15, 0.2) is 24.3 Å². The van der Waals surface area contributed by atoms with Crippen molar-refractivity contribution in [1.82, 2.24) is 0 Å². The van der Waals surface area contributed by atoms with Gasteiger partial charge in [-0.05, 0) is 41.7 Å². The maximum atomic E-state index is 2.40. The van der Waals surface area contributed by atoms with E-state index in [1.165, 1.54) is 38.5 Å². The summed E-state index contributed by atoms with van der Waals surface area (Å²) in [5.41, 5.74) is 3.91. The van der Waals surface area contributed by atoms with Gasteiger partial charge in [0.1, 0.15) is 0 Å². The second-order valence-corrected chi connectivity index (χ2v) is 5.53. The molecule has 3 rings (SSSR count). The monoisotopic (exact) mass is 200 g/mol. The number of hydrogen-bond donors (Lipinski definition) is 0. The zero-order valence-corrected chi connectivity index (χ0v) is 9.63. The third-order valence-corrected chi connectivity index (χ3v) is 4.57. The molecule has 0 radical (unpaired) electrons. The Bertz CT molecular complexity index is 358. The zero-order valence-electron chi connectivity index (χ0n) is 9.63. The van der Waals surface area contributed by atoms with Crippen molar-refractivity contribution in [2.75, 3.05) is 0 Å². The van der Waals surface area contributed by atoms with Gasteiger partial charge in [0.25, 0.3) is 0 Å². The summed E-state index contributed by atoms with van der Waals surface area (Å²) in [5, 5.41) is 0. The summed E-state index contributed by atoms with van der Waals surface area (Å²) in [7, 11) is 0. The van der Waals surface area contributed by atoms with Crippen LogP contribution >= 0.6 is 0 Å². The maximum absolute atomic E-state index is 2.40. The number of hydrogen-bond acceptors (Lipinski definition) is 0. The van der Waals surface area contributed by atoms with Gasteiger partial charge in [-0.3, -0.25) is 0 Å². The lowest BCUT2D eigenvalue weighted by molar-refractivity contribution is 0.282. The lowest BCUT2D eigenvalue weighted by Gasteiger charge is -2.34. The molecule has 0 saturated heterocycles. The lowest BCUT2D eigenvalue weighted by Crippen LogP contribution is -2.26. The van der Waals surface area contributed by atoms with E-state index >= 15 is 0 Å². The van der Waals surface area contributed by atoms with E-state index in [0.29, 0.717) is 5.41 Å². The van der Waals surface area contributed by atoms with Crippen molar-refractivity contribution < 1.29 is 0 Å². The molecule has 2 aliphatic rings. The molecule has 0 aromatic heterocycles. The van der Waals surface area contributed by atoms with Crippen LogP contribution in [0.3, 0.4) is 0 Å². The molecule has 1 aromatic carbocycles. The Hall–Kier alpha value is -0.780. The SMILES string of the molecule is CC1CC2(CCCCC2)c2ccccc21. The van der Waals surface area contributed by atoms with E-state index in [1.807, 2.05) is 0 Å². The lowest BCUT2D eigenvalue weighted by atomic mass is 9.70. The summed E-state index contributed by atoms with van der Waals surface area (Å²) in [4.78, 5) is 0. The second-order valence-electron chi connectivity index (χ2n) is 5.53. The average Bonchev–Trinajstić information content (AvgIpc) is 2.55. The van der Waals surface area contributed by atoms with Gasteiger partial charge >= 0.3 is 0 Å². The fourth-order valence-electron chi connectivity index (χ4n) is 3.92.